The smallest absolute Gasteiger partial charge is 0.182 e. The highest BCUT2D eigenvalue weighted by Crippen LogP contribution is 2.27. The fourth-order valence-corrected chi connectivity index (χ4v) is 2.52. The second kappa shape index (κ2) is 4.88. The third-order valence-electron chi connectivity index (χ3n) is 3.57. The van der Waals surface area contributed by atoms with Gasteiger partial charge in [0.15, 0.2) is 11.5 Å². The SMILES string of the molecule is FC1CCCCC1CNc1ncnc2nc[nH]c12. The zero-order valence-corrected chi connectivity index (χ0v) is 10.1. The lowest BCUT2D eigenvalue weighted by Crippen LogP contribution is -2.27. The Kier molecular flexibility index (Phi) is 3.08. The Morgan fingerprint density at radius 2 is 2.17 bits per heavy atom. The number of hydrogen-bond acceptors (Lipinski definition) is 4. The normalized spacial score (nSPS) is 24.3. The van der Waals surface area contributed by atoms with Crippen LogP contribution in [0.5, 0.6) is 0 Å². The van der Waals surface area contributed by atoms with Crippen LogP contribution in [0.15, 0.2) is 12.7 Å². The Hall–Kier alpha value is -1.72. The van der Waals surface area contributed by atoms with Gasteiger partial charge >= 0.3 is 0 Å². The fraction of sp³-hybridized carbons (Fsp3) is 0.583. The minimum Gasteiger partial charge on any atom is -0.368 e. The predicted molar refractivity (Wildman–Crippen MR) is 67.0 cm³/mol. The molecule has 3 rings (SSSR count). The van der Waals surface area contributed by atoms with E-state index < -0.39 is 6.17 Å². The Balaban J connectivity index is 1.71. The van der Waals surface area contributed by atoms with Gasteiger partial charge in [-0.05, 0) is 12.8 Å². The van der Waals surface area contributed by atoms with Crippen molar-refractivity contribution < 1.29 is 4.39 Å². The molecule has 96 valence electrons. The molecule has 0 aromatic carbocycles. The van der Waals surface area contributed by atoms with E-state index in [4.69, 9.17) is 0 Å². The summed E-state index contributed by atoms with van der Waals surface area (Å²) in [6.45, 7) is 0.617. The Morgan fingerprint density at radius 3 is 3.06 bits per heavy atom. The molecule has 1 saturated carbocycles. The molecule has 5 nitrogen and oxygen atoms in total. The highest BCUT2D eigenvalue weighted by molar-refractivity contribution is 5.81. The van der Waals surface area contributed by atoms with Crippen LogP contribution >= 0.6 is 0 Å². The van der Waals surface area contributed by atoms with E-state index in [9.17, 15) is 4.39 Å². The van der Waals surface area contributed by atoms with Gasteiger partial charge in [-0.25, -0.2) is 19.3 Å². The van der Waals surface area contributed by atoms with Crippen LogP contribution in [0, 0.1) is 5.92 Å². The van der Waals surface area contributed by atoms with Crippen LogP contribution in [-0.4, -0.2) is 32.7 Å². The zero-order valence-electron chi connectivity index (χ0n) is 10.1. The lowest BCUT2D eigenvalue weighted by molar-refractivity contribution is 0.174. The van der Waals surface area contributed by atoms with Gasteiger partial charge in [0, 0.05) is 12.5 Å². The van der Waals surface area contributed by atoms with Crippen molar-refractivity contribution in [2.24, 2.45) is 5.92 Å². The van der Waals surface area contributed by atoms with Gasteiger partial charge in [-0.15, -0.1) is 0 Å². The summed E-state index contributed by atoms with van der Waals surface area (Å²) in [6.07, 6.45) is 6.14. The number of H-pyrrole nitrogens is 1. The number of alkyl halides is 1. The Morgan fingerprint density at radius 1 is 1.28 bits per heavy atom. The quantitative estimate of drug-likeness (QED) is 0.875. The van der Waals surface area contributed by atoms with Crippen LogP contribution < -0.4 is 5.32 Å². The molecule has 0 radical (unpaired) electrons. The average Bonchev–Trinajstić information content (AvgIpc) is 2.86. The first kappa shape index (κ1) is 11.4. The number of imidazole rings is 1. The van der Waals surface area contributed by atoms with Crippen molar-refractivity contribution >= 4 is 17.0 Å². The molecular formula is C12H16FN5. The molecule has 0 spiro atoms. The van der Waals surface area contributed by atoms with E-state index in [-0.39, 0.29) is 5.92 Å². The van der Waals surface area contributed by atoms with Gasteiger partial charge in [-0.3, -0.25) is 0 Å². The highest BCUT2D eigenvalue weighted by Gasteiger charge is 2.24. The maximum absolute atomic E-state index is 13.7. The van der Waals surface area contributed by atoms with Crippen LogP contribution in [0.25, 0.3) is 11.2 Å². The maximum atomic E-state index is 13.7. The number of nitrogens with zero attached hydrogens (tertiary/aromatic N) is 3. The molecule has 2 N–H and O–H groups in total. The molecule has 2 atom stereocenters. The van der Waals surface area contributed by atoms with Crippen LogP contribution in [0.1, 0.15) is 25.7 Å². The summed E-state index contributed by atoms with van der Waals surface area (Å²) >= 11 is 0. The zero-order chi connectivity index (χ0) is 12.4. The van der Waals surface area contributed by atoms with Crippen molar-refractivity contribution in [1.29, 1.82) is 0 Å². The first-order valence-corrected chi connectivity index (χ1v) is 6.36. The van der Waals surface area contributed by atoms with Crippen molar-refractivity contribution in [3.05, 3.63) is 12.7 Å². The summed E-state index contributed by atoms with van der Waals surface area (Å²) in [5.41, 5.74) is 1.41. The monoisotopic (exact) mass is 249 g/mol. The third-order valence-corrected chi connectivity index (χ3v) is 3.57. The standard InChI is InChI=1S/C12H16FN5/c13-9-4-2-1-3-8(9)5-14-11-10-12(16-6-15-10)18-7-17-11/h6-9H,1-5H2,(H2,14,15,16,17,18). The van der Waals surface area contributed by atoms with E-state index in [1.165, 1.54) is 6.33 Å². The molecule has 1 fully saturated rings. The fourth-order valence-electron chi connectivity index (χ4n) is 2.52. The van der Waals surface area contributed by atoms with E-state index >= 15 is 0 Å². The van der Waals surface area contributed by atoms with Crippen molar-refractivity contribution in [2.75, 3.05) is 11.9 Å². The molecule has 2 aromatic heterocycles. The summed E-state index contributed by atoms with van der Waals surface area (Å²) in [4.78, 5) is 15.3. The second-order valence-electron chi connectivity index (χ2n) is 4.76. The highest BCUT2D eigenvalue weighted by atomic mass is 19.1. The van der Waals surface area contributed by atoms with Gasteiger partial charge < -0.3 is 10.3 Å². The second-order valence-corrected chi connectivity index (χ2v) is 4.76. The van der Waals surface area contributed by atoms with Crippen LogP contribution in [0.2, 0.25) is 0 Å². The van der Waals surface area contributed by atoms with Gasteiger partial charge in [-0.2, -0.15) is 0 Å². The Bertz CT molecular complexity index is 526. The molecule has 6 heteroatoms. The molecular weight excluding hydrogens is 233 g/mol. The number of fused-ring (bicyclic) bond motifs is 1. The maximum Gasteiger partial charge on any atom is 0.182 e. The molecule has 0 bridgehead atoms. The van der Waals surface area contributed by atoms with E-state index in [0.29, 0.717) is 24.4 Å². The molecule has 2 heterocycles. The van der Waals surface area contributed by atoms with Crippen molar-refractivity contribution in [3.63, 3.8) is 0 Å². The molecule has 0 aliphatic heterocycles. The third kappa shape index (κ3) is 2.14. The predicted octanol–water partition coefficient (Wildman–Crippen LogP) is 2.29. The molecule has 0 saturated heterocycles. The van der Waals surface area contributed by atoms with Gasteiger partial charge in [0.05, 0.1) is 6.33 Å². The minimum atomic E-state index is -0.689. The summed E-state index contributed by atoms with van der Waals surface area (Å²) in [5, 5.41) is 3.21. The van der Waals surface area contributed by atoms with Crippen molar-refractivity contribution in [2.45, 2.75) is 31.9 Å². The van der Waals surface area contributed by atoms with E-state index in [1.807, 2.05) is 0 Å². The lowest BCUT2D eigenvalue weighted by atomic mass is 9.87. The molecule has 2 aromatic rings. The first-order valence-electron chi connectivity index (χ1n) is 6.36. The largest absolute Gasteiger partial charge is 0.368 e. The van der Waals surface area contributed by atoms with Gasteiger partial charge in [0.1, 0.15) is 18.0 Å². The summed E-state index contributed by atoms with van der Waals surface area (Å²) in [6, 6.07) is 0. The Labute approximate surface area is 104 Å². The van der Waals surface area contributed by atoms with Crippen LogP contribution in [0.3, 0.4) is 0 Å². The number of halogens is 1. The number of aromatic amines is 1. The number of aromatic nitrogens is 4. The molecule has 2 unspecified atom stereocenters. The van der Waals surface area contributed by atoms with Crippen molar-refractivity contribution in [1.82, 2.24) is 19.9 Å². The lowest BCUT2D eigenvalue weighted by Gasteiger charge is -2.26. The van der Waals surface area contributed by atoms with Crippen molar-refractivity contribution in [3.8, 4) is 0 Å². The van der Waals surface area contributed by atoms with Gasteiger partial charge in [-0.1, -0.05) is 12.8 Å². The summed E-state index contributed by atoms with van der Waals surface area (Å²) in [7, 11) is 0. The topological polar surface area (TPSA) is 66.5 Å². The van der Waals surface area contributed by atoms with E-state index in [0.717, 1.165) is 24.8 Å². The molecule has 1 aliphatic rings. The molecule has 1 aliphatic carbocycles. The van der Waals surface area contributed by atoms with E-state index in [1.54, 1.807) is 6.33 Å². The molecule has 18 heavy (non-hydrogen) atoms. The van der Waals surface area contributed by atoms with Crippen LogP contribution in [-0.2, 0) is 0 Å². The van der Waals surface area contributed by atoms with E-state index in [2.05, 4.69) is 25.3 Å². The first-order chi connectivity index (χ1) is 8.84. The molecule has 0 amide bonds. The minimum absolute atomic E-state index is 0.0895. The number of nitrogens with one attached hydrogen (secondary N) is 2. The van der Waals surface area contributed by atoms with Crippen LogP contribution in [0.4, 0.5) is 10.2 Å². The number of anilines is 1. The van der Waals surface area contributed by atoms with Gasteiger partial charge in [0.2, 0.25) is 0 Å². The number of rotatable bonds is 3. The average molecular weight is 249 g/mol. The summed E-state index contributed by atoms with van der Waals surface area (Å²) < 4.78 is 13.7. The number of hydrogen-bond donors (Lipinski definition) is 2. The van der Waals surface area contributed by atoms with Gasteiger partial charge in [0.25, 0.3) is 0 Å². The summed E-state index contributed by atoms with van der Waals surface area (Å²) in [5.74, 6) is 0.793.